The first-order valence-electron chi connectivity index (χ1n) is 8.29. The highest BCUT2D eigenvalue weighted by atomic mass is 16.5. The Morgan fingerprint density at radius 3 is 2.48 bits per heavy atom. The zero-order valence-electron chi connectivity index (χ0n) is 14.4. The number of pyridine rings is 1. The molecule has 1 heterocycles. The van der Waals surface area contributed by atoms with E-state index in [4.69, 9.17) is 9.84 Å². The van der Waals surface area contributed by atoms with Gasteiger partial charge >= 0.3 is 5.97 Å². The van der Waals surface area contributed by atoms with Crippen LogP contribution in [0.1, 0.15) is 37.2 Å². The fourth-order valence-corrected chi connectivity index (χ4v) is 2.23. The molecule has 0 aliphatic carbocycles. The van der Waals surface area contributed by atoms with Gasteiger partial charge in [-0.2, -0.15) is 0 Å². The number of carboxylic acids is 1. The van der Waals surface area contributed by atoms with Gasteiger partial charge in [-0.25, -0.2) is 9.78 Å². The van der Waals surface area contributed by atoms with Gasteiger partial charge in [0.05, 0.1) is 12.3 Å². The first kappa shape index (κ1) is 18.4. The second-order valence-corrected chi connectivity index (χ2v) is 5.55. The van der Waals surface area contributed by atoms with Gasteiger partial charge in [-0.15, -0.1) is 0 Å². The van der Waals surface area contributed by atoms with Crippen LogP contribution in [0.5, 0.6) is 5.75 Å². The molecule has 6 heteroatoms. The van der Waals surface area contributed by atoms with Gasteiger partial charge in [0, 0.05) is 5.56 Å². The van der Waals surface area contributed by atoms with Gasteiger partial charge in [-0.1, -0.05) is 19.9 Å². The zero-order valence-corrected chi connectivity index (χ0v) is 14.4. The number of nitrogens with one attached hydrogen (secondary N) is 1. The average molecular weight is 342 g/mol. The Morgan fingerprint density at radius 2 is 1.88 bits per heavy atom. The van der Waals surface area contributed by atoms with Crippen molar-refractivity contribution in [1.29, 1.82) is 0 Å². The number of ether oxygens (including phenoxy) is 1. The summed E-state index contributed by atoms with van der Waals surface area (Å²) in [6, 6.07) is 11.6. The lowest BCUT2D eigenvalue weighted by molar-refractivity contribution is -0.139. The molecule has 1 aromatic carbocycles. The third kappa shape index (κ3) is 5.04. The molecule has 0 unspecified atom stereocenters. The van der Waals surface area contributed by atoms with E-state index in [2.05, 4.69) is 10.3 Å². The molecule has 25 heavy (non-hydrogen) atoms. The third-order valence-corrected chi connectivity index (χ3v) is 3.62. The summed E-state index contributed by atoms with van der Waals surface area (Å²) in [5.74, 6) is -0.777. The second kappa shape index (κ2) is 8.82. The fourth-order valence-electron chi connectivity index (χ4n) is 2.23. The lowest BCUT2D eigenvalue weighted by Crippen LogP contribution is -2.40. The first-order chi connectivity index (χ1) is 12.0. The predicted octanol–water partition coefficient (Wildman–Crippen LogP) is 3.13. The van der Waals surface area contributed by atoms with Crippen LogP contribution in [0.3, 0.4) is 0 Å². The summed E-state index contributed by atoms with van der Waals surface area (Å²) in [6.07, 6.45) is 1.25. The molecule has 1 atom stereocenters. The number of carbonyl (C=O) groups excluding carboxylic acids is 1. The number of rotatable bonds is 8. The van der Waals surface area contributed by atoms with E-state index in [-0.39, 0.29) is 5.69 Å². The molecule has 1 amide bonds. The molecule has 0 aliphatic heterocycles. The molecule has 0 bridgehead atoms. The van der Waals surface area contributed by atoms with Crippen molar-refractivity contribution in [2.45, 2.75) is 32.7 Å². The van der Waals surface area contributed by atoms with Crippen LogP contribution in [0.25, 0.3) is 11.3 Å². The van der Waals surface area contributed by atoms with Crippen LogP contribution >= 0.6 is 0 Å². The minimum absolute atomic E-state index is 0.184. The minimum Gasteiger partial charge on any atom is -0.494 e. The maximum atomic E-state index is 12.2. The standard InChI is InChI=1S/C19H22N2O4/c1-3-12-25-14-10-8-13(9-11-14)16-6-5-7-17(20-16)18(22)21-15(4-2)19(23)24/h5-11,15H,3-4,12H2,1-2H3,(H,21,22)(H,23,24)/t15-/m0/s1. The van der Waals surface area contributed by atoms with Crippen LogP contribution in [-0.4, -0.2) is 34.6 Å². The Kier molecular flexibility index (Phi) is 6.51. The SMILES string of the molecule is CCCOc1ccc(-c2cccc(C(=O)N[C@@H](CC)C(=O)O)n2)cc1. The molecule has 2 N–H and O–H groups in total. The number of benzene rings is 1. The first-order valence-corrected chi connectivity index (χ1v) is 8.29. The molecule has 6 nitrogen and oxygen atoms in total. The summed E-state index contributed by atoms with van der Waals surface area (Å²) in [5, 5.41) is 11.5. The van der Waals surface area contributed by atoms with E-state index in [0.717, 1.165) is 17.7 Å². The Bertz CT molecular complexity index is 728. The molecular formula is C19H22N2O4. The van der Waals surface area contributed by atoms with E-state index in [0.29, 0.717) is 18.7 Å². The highest BCUT2D eigenvalue weighted by molar-refractivity contribution is 5.95. The number of carboxylic acid groups (broad SMARTS) is 1. The van der Waals surface area contributed by atoms with Gasteiger partial charge < -0.3 is 15.2 Å². The third-order valence-electron chi connectivity index (χ3n) is 3.62. The Labute approximate surface area is 146 Å². The number of hydrogen-bond acceptors (Lipinski definition) is 4. The van der Waals surface area contributed by atoms with E-state index in [9.17, 15) is 9.59 Å². The zero-order chi connectivity index (χ0) is 18.2. The molecule has 0 saturated heterocycles. The van der Waals surface area contributed by atoms with Gasteiger partial charge in [0.1, 0.15) is 17.5 Å². The lowest BCUT2D eigenvalue weighted by atomic mass is 10.1. The molecule has 1 aromatic heterocycles. The van der Waals surface area contributed by atoms with Crippen LogP contribution in [0.2, 0.25) is 0 Å². The van der Waals surface area contributed by atoms with E-state index in [1.807, 2.05) is 31.2 Å². The molecule has 2 aromatic rings. The van der Waals surface area contributed by atoms with Gasteiger partial charge in [-0.3, -0.25) is 4.79 Å². The number of hydrogen-bond donors (Lipinski definition) is 2. The summed E-state index contributed by atoms with van der Waals surface area (Å²) in [5.41, 5.74) is 1.67. The summed E-state index contributed by atoms with van der Waals surface area (Å²) < 4.78 is 5.55. The number of amides is 1. The number of aliphatic carboxylic acids is 1. The number of aromatic nitrogens is 1. The number of nitrogens with zero attached hydrogens (tertiary/aromatic N) is 1. The van der Waals surface area contributed by atoms with E-state index in [1.54, 1.807) is 25.1 Å². The van der Waals surface area contributed by atoms with E-state index in [1.165, 1.54) is 0 Å². The predicted molar refractivity (Wildman–Crippen MR) is 94.6 cm³/mol. The lowest BCUT2D eigenvalue weighted by Gasteiger charge is -2.12. The molecular weight excluding hydrogens is 320 g/mol. The minimum atomic E-state index is -1.06. The molecule has 0 aliphatic rings. The van der Waals surface area contributed by atoms with Gasteiger partial charge in [-0.05, 0) is 49.2 Å². The van der Waals surface area contributed by atoms with Crippen molar-refractivity contribution in [2.24, 2.45) is 0 Å². The van der Waals surface area contributed by atoms with Crippen LogP contribution in [-0.2, 0) is 4.79 Å². The normalized spacial score (nSPS) is 11.6. The van der Waals surface area contributed by atoms with Crippen LogP contribution in [0.4, 0.5) is 0 Å². The highest BCUT2D eigenvalue weighted by Gasteiger charge is 2.19. The number of carbonyl (C=O) groups is 2. The maximum Gasteiger partial charge on any atom is 0.326 e. The van der Waals surface area contributed by atoms with Gasteiger partial charge in [0.2, 0.25) is 0 Å². The molecule has 132 valence electrons. The monoisotopic (exact) mass is 342 g/mol. The van der Waals surface area contributed by atoms with Crippen LogP contribution in [0, 0.1) is 0 Å². The molecule has 0 spiro atoms. The van der Waals surface area contributed by atoms with Gasteiger partial charge in [0.25, 0.3) is 5.91 Å². The second-order valence-electron chi connectivity index (χ2n) is 5.55. The van der Waals surface area contributed by atoms with Crippen molar-refractivity contribution in [2.75, 3.05) is 6.61 Å². The van der Waals surface area contributed by atoms with Crippen molar-refractivity contribution in [3.05, 3.63) is 48.2 Å². The van der Waals surface area contributed by atoms with Crippen molar-refractivity contribution in [1.82, 2.24) is 10.3 Å². The molecule has 0 radical (unpaired) electrons. The Balaban J connectivity index is 2.15. The molecule has 0 saturated carbocycles. The molecule has 0 fully saturated rings. The van der Waals surface area contributed by atoms with Crippen LogP contribution in [0.15, 0.2) is 42.5 Å². The van der Waals surface area contributed by atoms with Crippen LogP contribution < -0.4 is 10.1 Å². The van der Waals surface area contributed by atoms with Crippen molar-refractivity contribution >= 4 is 11.9 Å². The van der Waals surface area contributed by atoms with Crippen molar-refractivity contribution in [3.63, 3.8) is 0 Å². The topological polar surface area (TPSA) is 88.5 Å². The molecule has 2 rings (SSSR count). The maximum absolute atomic E-state index is 12.2. The quantitative estimate of drug-likeness (QED) is 0.769. The fraction of sp³-hybridized carbons (Fsp3) is 0.316. The smallest absolute Gasteiger partial charge is 0.326 e. The largest absolute Gasteiger partial charge is 0.494 e. The average Bonchev–Trinajstić information content (AvgIpc) is 2.64. The Morgan fingerprint density at radius 1 is 1.16 bits per heavy atom. The summed E-state index contributed by atoms with van der Waals surface area (Å²) in [7, 11) is 0. The van der Waals surface area contributed by atoms with Crippen molar-refractivity contribution in [3.8, 4) is 17.0 Å². The Hall–Kier alpha value is -2.89. The van der Waals surface area contributed by atoms with E-state index < -0.39 is 17.9 Å². The summed E-state index contributed by atoms with van der Waals surface area (Å²) >= 11 is 0. The van der Waals surface area contributed by atoms with Gasteiger partial charge in [0.15, 0.2) is 0 Å². The van der Waals surface area contributed by atoms with Crippen molar-refractivity contribution < 1.29 is 19.4 Å². The van der Waals surface area contributed by atoms with E-state index >= 15 is 0 Å². The highest BCUT2D eigenvalue weighted by Crippen LogP contribution is 2.21. The summed E-state index contributed by atoms with van der Waals surface area (Å²) in [4.78, 5) is 27.6. The summed E-state index contributed by atoms with van der Waals surface area (Å²) in [6.45, 7) is 4.41.